The summed E-state index contributed by atoms with van der Waals surface area (Å²) in [5, 5.41) is 9.16. The van der Waals surface area contributed by atoms with E-state index in [4.69, 9.17) is 14.6 Å². The molecule has 1 N–H and O–H groups in total. The second-order valence-electron chi connectivity index (χ2n) is 4.22. The molecule has 0 aromatic carbocycles. The van der Waals surface area contributed by atoms with Crippen molar-refractivity contribution in [2.75, 3.05) is 14.2 Å². The highest BCUT2D eigenvalue weighted by molar-refractivity contribution is 5.76. The summed E-state index contributed by atoms with van der Waals surface area (Å²) < 4.78 is 10.2. The van der Waals surface area contributed by atoms with Crippen LogP contribution in [0.3, 0.4) is 0 Å². The number of aromatic nitrogens is 1. The monoisotopic (exact) mass is 237 g/mol. The molecule has 0 bridgehead atoms. The summed E-state index contributed by atoms with van der Waals surface area (Å²) in [6.07, 6.45) is 4.06. The van der Waals surface area contributed by atoms with E-state index >= 15 is 0 Å². The first-order valence-electron chi connectivity index (χ1n) is 5.39. The van der Waals surface area contributed by atoms with Crippen LogP contribution in [0.1, 0.15) is 18.4 Å². The molecule has 1 heterocycles. The van der Waals surface area contributed by atoms with E-state index in [2.05, 4.69) is 4.98 Å². The Morgan fingerprint density at radius 1 is 1.47 bits per heavy atom. The smallest absolute Gasteiger partial charge is 0.333 e. The third-order valence-electron chi connectivity index (χ3n) is 3.27. The molecular formula is C12H15NO4. The molecular weight excluding hydrogens is 222 g/mol. The Kier molecular flexibility index (Phi) is 3.02. The van der Waals surface area contributed by atoms with Crippen molar-refractivity contribution in [1.82, 2.24) is 4.98 Å². The number of aliphatic carboxylic acids is 1. The number of hydrogen-bond donors (Lipinski definition) is 1. The Morgan fingerprint density at radius 2 is 2.18 bits per heavy atom. The van der Waals surface area contributed by atoms with Gasteiger partial charge in [-0.1, -0.05) is 0 Å². The highest BCUT2D eigenvalue weighted by Gasteiger charge is 2.54. The van der Waals surface area contributed by atoms with E-state index in [1.54, 1.807) is 19.5 Å². The molecule has 0 radical (unpaired) electrons. The first-order valence-corrected chi connectivity index (χ1v) is 5.39. The molecule has 0 aliphatic heterocycles. The lowest BCUT2D eigenvalue weighted by atomic mass is 9.91. The fraction of sp³-hybridized carbons (Fsp3) is 0.500. The van der Waals surface area contributed by atoms with Gasteiger partial charge >= 0.3 is 5.97 Å². The third kappa shape index (κ3) is 1.98. The van der Waals surface area contributed by atoms with Crippen molar-refractivity contribution >= 4 is 5.97 Å². The summed E-state index contributed by atoms with van der Waals surface area (Å²) in [5.74, 6) is -0.304. The molecule has 0 amide bonds. The molecule has 1 aromatic heterocycles. The Balaban J connectivity index is 2.34. The normalized spacial score (nSPS) is 18.5. The summed E-state index contributed by atoms with van der Waals surface area (Å²) in [5.41, 5.74) is 0.424. The number of carbonyl (C=O) groups is 1. The molecule has 1 unspecified atom stereocenters. The van der Waals surface area contributed by atoms with Gasteiger partial charge < -0.3 is 14.6 Å². The van der Waals surface area contributed by atoms with Gasteiger partial charge in [-0.15, -0.1) is 0 Å². The SMILES string of the molecule is COc1cncc(C2(C(OC)C(=O)O)CC2)c1. The van der Waals surface area contributed by atoms with Crippen molar-refractivity contribution in [3.63, 3.8) is 0 Å². The van der Waals surface area contributed by atoms with Gasteiger partial charge in [-0.3, -0.25) is 4.98 Å². The number of pyridine rings is 1. The maximum absolute atomic E-state index is 11.2. The van der Waals surface area contributed by atoms with Crippen LogP contribution in [0.15, 0.2) is 18.5 Å². The topological polar surface area (TPSA) is 68.7 Å². The van der Waals surface area contributed by atoms with Crippen molar-refractivity contribution in [3.8, 4) is 5.75 Å². The molecule has 1 aromatic rings. The number of nitrogens with zero attached hydrogens (tertiary/aromatic N) is 1. The molecule has 1 saturated carbocycles. The van der Waals surface area contributed by atoms with Gasteiger partial charge in [0.25, 0.3) is 0 Å². The number of ether oxygens (including phenoxy) is 2. The van der Waals surface area contributed by atoms with Gasteiger partial charge in [-0.25, -0.2) is 4.79 Å². The zero-order valence-corrected chi connectivity index (χ0v) is 9.84. The number of carboxylic acid groups (broad SMARTS) is 1. The van der Waals surface area contributed by atoms with Crippen molar-refractivity contribution in [2.24, 2.45) is 0 Å². The predicted octanol–water partition coefficient (Wildman–Crippen LogP) is 1.22. The van der Waals surface area contributed by atoms with E-state index in [-0.39, 0.29) is 0 Å². The molecule has 92 valence electrons. The molecule has 1 aliphatic rings. The fourth-order valence-electron chi connectivity index (χ4n) is 2.20. The lowest BCUT2D eigenvalue weighted by Crippen LogP contribution is -2.35. The average molecular weight is 237 g/mol. The fourth-order valence-corrected chi connectivity index (χ4v) is 2.20. The van der Waals surface area contributed by atoms with Crippen LogP contribution >= 0.6 is 0 Å². The van der Waals surface area contributed by atoms with E-state index in [1.165, 1.54) is 7.11 Å². The number of rotatable bonds is 5. The molecule has 1 atom stereocenters. The summed E-state index contributed by atoms with van der Waals surface area (Å²) >= 11 is 0. The van der Waals surface area contributed by atoms with Crippen molar-refractivity contribution < 1.29 is 19.4 Å². The molecule has 1 aliphatic carbocycles. The van der Waals surface area contributed by atoms with Gasteiger partial charge in [0.1, 0.15) is 5.75 Å². The van der Waals surface area contributed by atoms with E-state index in [9.17, 15) is 4.79 Å². The van der Waals surface area contributed by atoms with Gasteiger partial charge in [0.05, 0.1) is 13.3 Å². The molecule has 17 heavy (non-hydrogen) atoms. The molecule has 0 saturated heterocycles. The number of carboxylic acids is 1. The van der Waals surface area contributed by atoms with Crippen LogP contribution in [0, 0.1) is 0 Å². The molecule has 0 spiro atoms. The van der Waals surface area contributed by atoms with Gasteiger partial charge in [0.15, 0.2) is 6.10 Å². The standard InChI is InChI=1S/C12H15NO4/c1-16-9-5-8(6-13-7-9)12(3-4-12)10(17-2)11(14)15/h5-7,10H,3-4H2,1-2H3,(H,14,15). The van der Waals surface area contributed by atoms with E-state index in [1.807, 2.05) is 6.07 Å². The van der Waals surface area contributed by atoms with Crippen molar-refractivity contribution in [1.29, 1.82) is 0 Å². The van der Waals surface area contributed by atoms with E-state index < -0.39 is 17.5 Å². The Labute approximate surface area is 99.4 Å². The largest absolute Gasteiger partial charge is 0.495 e. The van der Waals surface area contributed by atoms with Gasteiger partial charge in [-0.2, -0.15) is 0 Å². The first kappa shape index (κ1) is 11.9. The average Bonchev–Trinajstić information content (AvgIpc) is 3.11. The van der Waals surface area contributed by atoms with Crippen LogP contribution in [0.5, 0.6) is 5.75 Å². The Bertz CT molecular complexity index is 428. The number of hydrogen-bond acceptors (Lipinski definition) is 4. The quantitative estimate of drug-likeness (QED) is 0.834. The molecule has 2 rings (SSSR count). The van der Waals surface area contributed by atoms with Crippen LogP contribution in [-0.2, 0) is 14.9 Å². The minimum Gasteiger partial charge on any atom is -0.495 e. The van der Waals surface area contributed by atoms with Gasteiger partial charge in [0.2, 0.25) is 0 Å². The minimum atomic E-state index is -0.937. The number of methoxy groups -OCH3 is 2. The summed E-state index contributed by atoms with van der Waals surface area (Å²) in [7, 11) is 2.98. The van der Waals surface area contributed by atoms with Gasteiger partial charge in [0, 0.05) is 18.7 Å². The lowest BCUT2D eigenvalue weighted by molar-refractivity contribution is -0.150. The van der Waals surface area contributed by atoms with E-state index in [0.717, 1.165) is 18.4 Å². The first-order chi connectivity index (χ1) is 8.14. The Morgan fingerprint density at radius 3 is 2.65 bits per heavy atom. The predicted molar refractivity (Wildman–Crippen MR) is 60.1 cm³/mol. The maximum Gasteiger partial charge on any atom is 0.333 e. The van der Waals surface area contributed by atoms with Crippen molar-refractivity contribution in [3.05, 3.63) is 24.0 Å². The maximum atomic E-state index is 11.2. The highest BCUT2D eigenvalue weighted by Crippen LogP contribution is 2.52. The summed E-state index contributed by atoms with van der Waals surface area (Å²) in [6.45, 7) is 0. The third-order valence-corrected chi connectivity index (χ3v) is 3.27. The second kappa shape index (κ2) is 4.33. The molecule has 5 nitrogen and oxygen atoms in total. The summed E-state index contributed by atoms with van der Waals surface area (Å²) in [4.78, 5) is 15.2. The van der Waals surface area contributed by atoms with Crippen LogP contribution in [0.4, 0.5) is 0 Å². The van der Waals surface area contributed by atoms with Crippen LogP contribution < -0.4 is 4.74 Å². The van der Waals surface area contributed by atoms with E-state index in [0.29, 0.717) is 5.75 Å². The Hall–Kier alpha value is -1.62. The van der Waals surface area contributed by atoms with Crippen LogP contribution in [0.25, 0.3) is 0 Å². The van der Waals surface area contributed by atoms with Crippen LogP contribution in [0.2, 0.25) is 0 Å². The lowest BCUT2D eigenvalue weighted by Gasteiger charge is -2.22. The zero-order valence-electron chi connectivity index (χ0n) is 9.84. The van der Waals surface area contributed by atoms with Gasteiger partial charge in [-0.05, 0) is 24.5 Å². The zero-order chi connectivity index (χ0) is 12.5. The molecule has 5 heteroatoms. The highest BCUT2D eigenvalue weighted by atomic mass is 16.5. The molecule has 1 fully saturated rings. The summed E-state index contributed by atoms with van der Waals surface area (Å²) in [6, 6.07) is 1.83. The minimum absolute atomic E-state index is 0.442. The van der Waals surface area contributed by atoms with Crippen LogP contribution in [-0.4, -0.2) is 36.4 Å². The second-order valence-corrected chi connectivity index (χ2v) is 4.22. The van der Waals surface area contributed by atoms with Crippen molar-refractivity contribution in [2.45, 2.75) is 24.4 Å².